The average molecular weight is 388 g/mol. The fraction of sp³-hybridized carbons (Fsp3) is 0.130. The number of rotatable bonds is 3. The maximum Gasteiger partial charge on any atom is 0.266 e. The standard InChI is InChI=1S/C23H17FN2O3/c24-17-13-7-8-14-18(17)25-22(27)19-20(15-9-3-1-4-10-15)26(29-21(19)23(25)28)16-11-5-2-6-12-16/h1-14,19-21H/t19-,20+,21+/m1/s1. The van der Waals surface area contributed by atoms with Crippen molar-refractivity contribution in [2.75, 3.05) is 9.96 Å². The summed E-state index contributed by atoms with van der Waals surface area (Å²) in [5.41, 5.74) is 1.55. The summed E-state index contributed by atoms with van der Waals surface area (Å²) >= 11 is 0. The molecule has 2 heterocycles. The second kappa shape index (κ2) is 6.83. The summed E-state index contributed by atoms with van der Waals surface area (Å²) in [5, 5.41) is 1.62. The molecule has 2 aliphatic heterocycles. The molecule has 2 aliphatic rings. The van der Waals surface area contributed by atoms with Crippen LogP contribution in [0.2, 0.25) is 0 Å². The molecule has 0 saturated carbocycles. The quantitative estimate of drug-likeness (QED) is 0.639. The number of anilines is 2. The Morgan fingerprint density at radius 3 is 2.07 bits per heavy atom. The molecule has 0 aliphatic carbocycles. The van der Waals surface area contributed by atoms with Gasteiger partial charge in [-0.05, 0) is 29.8 Å². The van der Waals surface area contributed by atoms with Gasteiger partial charge >= 0.3 is 0 Å². The Kier molecular flexibility index (Phi) is 4.14. The van der Waals surface area contributed by atoms with Gasteiger partial charge in [0, 0.05) is 0 Å². The van der Waals surface area contributed by atoms with E-state index in [4.69, 9.17) is 4.84 Å². The number of carbonyl (C=O) groups excluding carboxylic acids is 2. The van der Waals surface area contributed by atoms with E-state index < -0.39 is 35.7 Å². The third kappa shape index (κ3) is 2.72. The van der Waals surface area contributed by atoms with Gasteiger partial charge in [0.25, 0.3) is 5.91 Å². The normalized spacial score (nSPS) is 23.6. The molecule has 6 heteroatoms. The van der Waals surface area contributed by atoms with Crippen LogP contribution in [-0.2, 0) is 14.4 Å². The largest absolute Gasteiger partial charge is 0.273 e. The van der Waals surface area contributed by atoms with Crippen molar-refractivity contribution >= 4 is 23.2 Å². The lowest BCUT2D eigenvalue weighted by atomic mass is 9.90. The molecule has 5 nitrogen and oxygen atoms in total. The lowest BCUT2D eigenvalue weighted by Crippen LogP contribution is -2.37. The molecule has 5 rings (SSSR count). The van der Waals surface area contributed by atoms with Gasteiger partial charge in [0.05, 0.1) is 17.4 Å². The van der Waals surface area contributed by atoms with Crippen LogP contribution in [-0.4, -0.2) is 17.9 Å². The van der Waals surface area contributed by atoms with E-state index in [0.717, 1.165) is 16.2 Å². The summed E-state index contributed by atoms with van der Waals surface area (Å²) in [6.07, 6.45) is -1.01. The fourth-order valence-electron chi connectivity index (χ4n) is 4.07. The highest BCUT2D eigenvalue weighted by atomic mass is 19.1. The van der Waals surface area contributed by atoms with Gasteiger partial charge < -0.3 is 0 Å². The maximum absolute atomic E-state index is 14.3. The van der Waals surface area contributed by atoms with Crippen molar-refractivity contribution in [3.05, 3.63) is 96.3 Å². The number of halogens is 1. The minimum absolute atomic E-state index is 0.0430. The highest BCUT2D eigenvalue weighted by Gasteiger charge is 2.60. The molecular formula is C23H17FN2O3. The summed E-state index contributed by atoms with van der Waals surface area (Å²) in [6, 6.07) is 24.0. The van der Waals surface area contributed by atoms with Crippen LogP contribution in [0.25, 0.3) is 0 Å². The number of hydrogen-bond acceptors (Lipinski definition) is 4. The molecule has 0 bridgehead atoms. The van der Waals surface area contributed by atoms with E-state index in [9.17, 15) is 14.0 Å². The number of fused-ring (bicyclic) bond motifs is 1. The summed E-state index contributed by atoms with van der Waals surface area (Å²) in [6.45, 7) is 0. The van der Waals surface area contributed by atoms with E-state index in [1.807, 2.05) is 60.7 Å². The molecule has 0 N–H and O–H groups in total. The zero-order valence-corrected chi connectivity index (χ0v) is 15.3. The first-order valence-corrected chi connectivity index (χ1v) is 9.35. The molecule has 3 aromatic rings. The van der Waals surface area contributed by atoms with Crippen LogP contribution in [0.15, 0.2) is 84.9 Å². The summed E-state index contributed by atoms with van der Waals surface area (Å²) in [4.78, 5) is 33.4. The molecule has 144 valence electrons. The van der Waals surface area contributed by atoms with E-state index in [0.29, 0.717) is 0 Å². The summed E-state index contributed by atoms with van der Waals surface area (Å²) < 4.78 is 14.3. The first-order chi connectivity index (χ1) is 14.2. The monoisotopic (exact) mass is 388 g/mol. The Hall–Kier alpha value is -3.51. The van der Waals surface area contributed by atoms with Gasteiger partial charge in [-0.15, -0.1) is 0 Å². The van der Waals surface area contributed by atoms with Gasteiger partial charge in [-0.2, -0.15) is 0 Å². The molecule has 29 heavy (non-hydrogen) atoms. The Bertz CT molecular complexity index is 1070. The first-order valence-electron chi connectivity index (χ1n) is 9.35. The lowest BCUT2D eigenvalue weighted by molar-refractivity contribution is -0.126. The van der Waals surface area contributed by atoms with Crippen molar-refractivity contribution in [1.29, 1.82) is 0 Å². The predicted molar refractivity (Wildman–Crippen MR) is 105 cm³/mol. The summed E-state index contributed by atoms with van der Waals surface area (Å²) in [5.74, 6) is -2.41. The van der Waals surface area contributed by atoms with Gasteiger partial charge in [-0.1, -0.05) is 60.7 Å². The lowest BCUT2D eigenvalue weighted by Gasteiger charge is -2.28. The van der Waals surface area contributed by atoms with Gasteiger partial charge in [0.1, 0.15) is 11.7 Å². The molecule has 3 atom stereocenters. The van der Waals surface area contributed by atoms with Crippen molar-refractivity contribution in [3.8, 4) is 0 Å². The fourth-order valence-corrected chi connectivity index (χ4v) is 4.07. The molecule has 2 saturated heterocycles. The second-order valence-electron chi connectivity index (χ2n) is 7.03. The van der Waals surface area contributed by atoms with Crippen LogP contribution in [0.3, 0.4) is 0 Å². The zero-order valence-electron chi connectivity index (χ0n) is 15.3. The van der Waals surface area contributed by atoms with Gasteiger partial charge in [0.15, 0.2) is 6.10 Å². The van der Waals surface area contributed by atoms with E-state index in [1.54, 1.807) is 11.1 Å². The second-order valence-corrected chi connectivity index (χ2v) is 7.03. The molecule has 0 spiro atoms. The number of benzene rings is 3. The molecule has 2 amide bonds. The third-order valence-corrected chi connectivity index (χ3v) is 5.36. The van der Waals surface area contributed by atoms with E-state index >= 15 is 0 Å². The minimum atomic E-state index is -1.01. The van der Waals surface area contributed by atoms with Crippen LogP contribution in [0.1, 0.15) is 11.6 Å². The Morgan fingerprint density at radius 2 is 1.38 bits per heavy atom. The van der Waals surface area contributed by atoms with Gasteiger partial charge in [-0.25, -0.2) is 14.4 Å². The number of hydroxylamine groups is 1. The van der Waals surface area contributed by atoms with E-state index in [2.05, 4.69) is 0 Å². The van der Waals surface area contributed by atoms with Crippen molar-refractivity contribution in [3.63, 3.8) is 0 Å². The van der Waals surface area contributed by atoms with Gasteiger partial charge in [0.2, 0.25) is 5.91 Å². The summed E-state index contributed by atoms with van der Waals surface area (Å²) in [7, 11) is 0. The number of imide groups is 1. The zero-order chi connectivity index (χ0) is 20.0. The number of nitrogens with zero attached hydrogens (tertiary/aromatic N) is 2. The first kappa shape index (κ1) is 17.6. The smallest absolute Gasteiger partial charge is 0.266 e. The SMILES string of the molecule is O=C1[C@H]2[C@H](ON(c3ccccc3)[C@H]2c2ccccc2)C(=O)N1c1ccccc1F. The molecule has 0 aromatic heterocycles. The van der Waals surface area contributed by atoms with Crippen LogP contribution in [0.5, 0.6) is 0 Å². The number of amides is 2. The predicted octanol–water partition coefficient (Wildman–Crippen LogP) is 3.88. The van der Waals surface area contributed by atoms with E-state index in [1.165, 1.54) is 18.2 Å². The van der Waals surface area contributed by atoms with Crippen molar-refractivity contribution < 1.29 is 18.8 Å². The average Bonchev–Trinajstić information content (AvgIpc) is 3.26. The Balaban J connectivity index is 1.60. The van der Waals surface area contributed by atoms with Crippen LogP contribution >= 0.6 is 0 Å². The number of carbonyl (C=O) groups is 2. The number of para-hydroxylation sites is 2. The highest BCUT2D eigenvalue weighted by Crippen LogP contribution is 2.47. The molecule has 3 aromatic carbocycles. The minimum Gasteiger partial charge on any atom is -0.273 e. The van der Waals surface area contributed by atoms with E-state index in [-0.39, 0.29) is 5.69 Å². The van der Waals surface area contributed by atoms with Crippen LogP contribution in [0.4, 0.5) is 15.8 Å². The van der Waals surface area contributed by atoms with Crippen molar-refractivity contribution in [2.45, 2.75) is 12.1 Å². The Labute approximate surface area is 166 Å². The van der Waals surface area contributed by atoms with Crippen LogP contribution < -0.4 is 9.96 Å². The molecular weight excluding hydrogens is 371 g/mol. The number of hydrogen-bond donors (Lipinski definition) is 0. The van der Waals surface area contributed by atoms with Gasteiger partial charge in [-0.3, -0.25) is 14.4 Å². The van der Waals surface area contributed by atoms with Crippen LogP contribution in [0, 0.1) is 11.7 Å². The molecule has 0 unspecified atom stereocenters. The third-order valence-electron chi connectivity index (χ3n) is 5.36. The van der Waals surface area contributed by atoms with Crippen molar-refractivity contribution in [1.82, 2.24) is 0 Å². The topological polar surface area (TPSA) is 49.9 Å². The highest BCUT2D eigenvalue weighted by molar-refractivity contribution is 6.24. The van der Waals surface area contributed by atoms with Crippen molar-refractivity contribution in [2.24, 2.45) is 5.92 Å². The Morgan fingerprint density at radius 1 is 0.759 bits per heavy atom. The molecule has 2 fully saturated rings. The molecule has 0 radical (unpaired) electrons. The maximum atomic E-state index is 14.3.